The number of ether oxygens (including phenoxy) is 1. The van der Waals surface area contributed by atoms with Gasteiger partial charge in [0.05, 0.1) is 0 Å². The van der Waals surface area contributed by atoms with Gasteiger partial charge in [-0.2, -0.15) is 0 Å². The van der Waals surface area contributed by atoms with Crippen LogP contribution in [0.5, 0.6) is 0 Å². The molecule has 0 aliphatic heterocycles. The zero-order valence-electron chi connectivity index (χ0n) is 8.97. The second kappa shape index (κ2) is 2.88. The molecular formula is C11H17ClO2. The van der Waals surface area contributed by atoms with Gasteiger partial charge in [0, 0.05) is 22.4 Å². The highest BCUT2D eigenvalue weighted by Gasteiger charge is 2.61. The van der Waals surface area contributed by atoms with Gasteiger partial charge in [-0.05, 0) is 25.2 Å². The Labute approximate surface area is 90.0 Å². The molecule has 0 N–H and O–H groups in total. The minimum Gasteiger partial charge on any atom is -0.449 e. The fourth-order valence-corrected chi connectivity index (χ4v) is 3.73. The molecule has 2 unspecified atom stereocenters. The average Bonchev–Trinajstić information content (AvgIpc) is 2.49. The van der Waals surface area contributed by atoms with Gasteiger partial charge in [-0.15, -0.1) is 0 Å². The fraction of sp³-hybridized carbons (Fsp3) is 0.909. The SMILES string of the molecule is CC1(C)C2CC[C@@](C)(C2)C1OC(=O)Cl. The maximum atomic E-state index is 10.8. The van der Waals surface area contributed by atoms with E-state index in [1.807, 2.05) is 0 Å². The van der Waals surface area contributed by atoms with E-state index in [1.165, 1.54) is 12.8 Å². The molecule has 0 radical (unpaired) electrons. The highest BCUT2D eigenvalue weighted by molar-refractivity contribution is 6.61. The molecule has 3 heteroatoms. The van der Waals surface area contributed by atoms with Gasteiger partial charge in [0.25, 0.3) is 0 Å². The van der Waals surface area contributed by atoms with Crippen molar-refractivity contribution >= 4 is 17.0 Å². The third-order valence-corrected chi connectivity index (χ3v) is 4.44. The predicted octanol–water partition coefficient (Wildman–Crippen LogP) is 3.58. The van der Waals surface area contributed by atoms with E-state index in [9.17, 15) is 4.79 Å². The Balaban J connectivity index is 2.25. The Morgan fingerprint density at radius 2 is 2.07 bits per heavy atom. The Morgan fingerprint density at radius 3 is 2.50 bits per heavy atom. The number of rotatable bonds is 1. The van der Waals surface area contributed by atoms with Crippen molar-refractivity contribution in [1.29, 1.82) is 0 Å². The average molecular weight is 217 g/mol. The van der Waals surface area contributed by atoms with Gasteiger partial charge in [0.2, 0.25) is 0 Å². The van der Waals surface area contributed by atoms with E-state index < -0.39 is 5.43 Å². The van der Waals surface area contributed by atoms with Gasteiger partial charge in [-0.1, -0.05) is 20.8 Å². The van der Waals surface area contributed by atoms with Gasteiger partial charge < -0.3 is 4.74 Å². The molecule has 0 aromatic rings. The summed E-state index contributed by atoms with van der Waals surface area (Å²) in [4.78, 5) is 10.8. The molecule has 14 heavy (non-hydrogen) atoms. The van der Waals surface area contributed by atoms with E-state index in [-0.39, 0.29) is 16.9 Å². The van der Waals surface area contributed by atoms with E-state index in [0.29, 0.717) is 5.92 Å². The van der Waals surface area contributed by atoms with Gasteiger partial charge in [0.1, 0.15) is 6.10 Å². The smallest absolute Gasteiger partial charge is 0.404 e. The van der Waals surface area contributed by atoms with Crippen molar-refractivity contribution in [3.8, 4) is 0 Å². The molecule has 0 heterocycles. The highest BCUT2D eigenvalue weighted by atomic mass is 35.5. The van der Waals surface area contributed by atoms with Gasteiger partial charge in [-0.25, -0.2) is 4.79 Å². The number of hydrogen-bond donors (Lipinski definition) is 0. The Kier molecular flexibility index (Phi) is 2.11. The van der Waals surface area contributed by atoms with Crippen molar-refractivity contribution in [3.05, 3.63) is 0 Å². The molecule has 2 aliphatic rings. The summed E-state index contributed by atoms with van der Waals surface area (Å²) in [7, 11) is 0. The minimum atomic E-state index is -0.656. The van der Waals surface area contributed by atoms with Crippen molar-refractivity contribution in [1.82, 2.24) is 0 Å². The van der Waals surface area contributed by atoms with Gasteiger partial charge in [-0.3, -0.25) is 0 Å². The molecule has 2 aliphatic carbocycles. The lowest BCUT2D eigenvalue weighted by Gasteiger charge is -2.41. The van der Waals surface area contributed by atoms with E-state index >= 15 is 0 Å². The minimum absolute atomic E-state index is 0.00116. The molecule has 0 aromatic heterocycles. The van der Waals surface area contributed by atoms with Crippen LogP contribution in [0.25, 0.3) is 0 Å². The van der Waals surface area contributed by atoms with Crippen LogP contribution in [0.3, 0.4) is 0 Å². The first kappa shape index (κ1) is 10.3. The molecule has 2 rings (SSSR count). The first-order valence-corrected chi connectivity index (χ1v) is 5.60. The zero-order valence-corrected chi connectivity index (χ0v) is 9.73. The molecule has 0 spiro atoms. The van der Waals surface area contributed by atoms with E-state index in [2.05, 4.69) is 20.8 Å². The van der Waals surface area contributed by atoms with E-state index in [1.54, 1.807) is 0 Å². The fourth-order valence-electron chi connectivity index (χ4n) is 3.64. The van der Waals surface area contributed by atoms with Crippen LogP contribution in [-0.2, 0) is 4.74 Å². The van der Waals surface area contributed by atoms with Crippen LogP contribution in [0, 0.1) is 16.7 Å². The molecule has 0 aromatic carbocycles. The van der Waals surface area contributed by atoms with Crippen LogP contribution >= 0.6 is 11.6 Å². The largest absolute Gasteiger partial charge is 0.449 e. The molecule has 2 saturated carbocycles. The van der Waals surface area contributed by atoms with Crippen LogP contribution < -0.4 is 0 Å². The predicted molar refractivity (Wildman–Crippen MR) is 55.4 cm³/mol. The monoisotopic (exact) mass is 216 g/mol. The number of hydrogen-bond acceptors (Lipinski definition) is 2. The van der Waals surface area contributed by atoms with Crippen LogP contribution in [-0.4, -0.2) is 11.5 Å². The second-order valence-electron chi connectivity index (χ2n) is 5.65. The van der Waals surface area contributed by atoms with Crippen molar-refractivity contribution in [2.45, 2.75) is 46.1 Å². The quantitative estimate of drug-likeness (QED) is 0.627. The molecule has 2 fully saturated rings. The summed E-state index contributed by atoms with van der Waals surface area (Å²) in [5.74, 6) is 0.688. The topological polar surface area (TPSA) is 26.3 Å². The lowest BCUT2D eigenvalue weighted by Crippen LogP contribution is -2.42. The summed E-state index contributed by atoms with van der Waals surface area (Å²) < 4.78 is 5.29. The van der Waals surface area contributed by atoms with Crippen molar-refractivity contribution < 1.29 is 9.53 Å². The lowest BCUT2D eigenvalue weighted by atomic mass is 9.70. The third kappa shape index (κ3) is 1.27. The van der Waals surface area contributed by atoms with Crippen LogP contribution in [0.15, 0.2) is 0 Å². The Morgan fingerprint density at radius 1 is 1.43 bits per heavy atom. The van der Waals surface area contributed by atoms with Crippen LogP contribution in [0.4, 0.5) is 4.79 Å². The molecule has 3 atom stereocenters. The molecule has 2 nitrogen and oxygen atoms in total. The van der Waals surface area contributed by atoms with Crippen LogP contribution in [0.2, 0.25) is 0 Å². The summed E-state index contributed by atoms with van der Waals surface area (Å²) in [5.41, 5.74) is -0.396. The number of carbonyl (C=O) groups excluding carboxylic acids is 1. The molecule has 2 bridgehead atoms. The summed E-state index contributed by atoms with van der Waals surface area (Å²) in [6.45, 7) is 6.59. The third-order valence-electron chi connectivity index (χ3n) is 4.35. The number of carbonyl (C=O) groups is 1. The molecular weight excluding hydrogens is 200 g/mol. The summed E-state index contributed by atoms with van der Waals surface area (Å²) in [6.07, 6.45) is 3.60. The van der Waals surface area contributed by atoms with E-state index in [4.69, 9.17) is 16.3 Å². The first-order valence-electron chi connectivity index (χ1n) is 5.22. The zero-order chi connectivity index (χ0) is 10.6. The normalized spacial score (nSPS) is 44.0. The maximum absolute atomic E-state index is 10.8. The molecule has 0 amide bonds. The van der Waals surface area contributed by atoms with Crippen molar-refractivity contribution in [2.75, 3.05) is 0 Å². The lowest BCUT2D eigenvalue weighted by molar-refractivity contribution is -0.0366. The summed E-state index contributed by atoms with van der Waals surface area (Å²) >= 11 is 5.32. The Hall–Kier alpha value is -0.240. The highest BCUT2D eigenvalue weighted by Crippen LogP contribution is 2.63. The molecule has 80 valence electrons. The van der Waals surface area contributed by atoms with Crippen molar-refractivity contribution in [2.24, 2.45) is 16.7 Å². The van der Waals surface area contributed by atoms with E-state index in [0.717, 1.165) is 6.42 Å². The Bertz CT molecular complexity index is 270. The summed E-state index contributed by atoms with van der Waals surface area (Å²) in [5, 5.41) is 0. The van der Waals surface area contributed by atoms with Gasteiger partial charge in [0.15, 0.2) is 0 Å². The summed E-state index contributed by atoms with van der Waals surface area (Å²) in [6, 6.07) is 0. The molecule has 0 saturated heterocycles. The number of halogens is 1. The standard InChI is InChI=1S/C11H17ClO2/c1-10(2)7-4-5-11(3,6-7)8(10)14-9(12)13/h7-8H,4-6H2,1-3H3/t7?,8?,11-/m0/s1. The van der Waals surface area contributed by atoms with Gasteiger partial charge >= 0.3 is 5.43 Å². The number of fused-ring (bicyclic) bond motifs is 2. The van der Waals surface area contributed by atoms with Crippen molar-refractivity contribution in [3.63, 3.8) is 0 Å². The maximum Gasteiger partial charge on any atom is 0.404 e. The second-order valence-corrected chi connectivity index (χ2v) is 5.96. The van der Waals surface area contributed by atoms with Crippen LogP contribution in [0.1, 0.15) is 40.0 Å². The first-order chi connectivity index (χ1) is 6.36.